The number of amides is 7. The van der Waals surface area contributed by atoms with E-state index in [-0.39, 0.29) is 86.8 Å². The van der Waals surface area contributed by atoms with E-state index in [1.807, 2.05) is 53.1 Å². The van der Waals surface area contributed by atoms with Crippen LogP contribution in [-0.4, -0.2) is 125 Å². The van der Waals surface area contributed by atoms with Crippen molar-refractivity contribution in [3.8, 4) is 5.75 Å². The Balaban J connectivity index is 1.05. The summed E-state index contributed by atoms with van der Waals surface area (Å²) in [5, 5.41) is 36.5. The second kappa shape index (κ2) is 29.3. The number of ether oxygens (including phenoxy) is 5. The predicted octanol–water partition coefficient (Wildman–Crippen LogP) is 6.10. The fraction of sp³-hybridized carbons (Fsp3) is 0.625. The van der Waals surface area contributed by atoms with E-state index in [4.69, 9.17) is 29.4 Å². The zero-order valence-corrected chi connectivity index (χ0v) is 48.3. The third kappa shape index (κ3) is 20.9. The van der Waals surface area contributed by atoms with Crippen molar-refractivity contribution in [2.45, 2.75) is 168 Å². The normalized spacial score (nSPS) is 17.0. The maximum absolute atomic E-state index is 13.8. The summed E-state index contributed by atoms with van der Waals surface area (Å²) in [5.41, 5.74) is 6.17. The smallest absolute Gasteiger partial charge is 0.449 e. The van der Waals surface area contributed by atoms with Crippen LogP contribution in [0.4, 0.5) is 25.8 Å². The highest BCUT2D eigenvalue weighted by Crippen LogP contribution is 2.53. The molecule has 1 aromatic heterocycles. The number of non-ortho nitro benzene ring substituents is 1. The number of nitrogens with one attached hydrogen (secondary N) is 6. The lowest BCUT2D eigenvalue weighted by molar-refractivity contribution is -0.384. The first kappa shape index (κ1) is 64.4. The molecule has 0 bridgehead atoms. The Hall–Kier alpha value is -7.41. The number of hydrogen-bond donors (Lipinski definition) is 7. The van der Waals surface area contributed by atoms with E-state index in [2.05, 4.69) is 42.2 Å². The minimum Gasteiger partial charge on any atom is -0.449 e. The topological polar surface area (TPSA) is 338 Å². The van der Waals surface area contributed by atoms with Crippen molar-refractivity contribution in [2.24, 2.45) is 29.4 Å². The molecule has 7 amide bonds. The van der Waals surface area contributed by atoms with Gasteiger partial charge < -0.3 is 61.3 Å². The number of urea groups is 1. The lowest BCUT2D eigenvalue weighted by Crippen LogP contribution is -2.54. The first-order valence-corrected chi connectivity index (χ1v) is 27.6. The minimum absolute atomic E-state index is 0.0543. The van der Waals surface area contributed by atoms with Gasteiger partial charge in [-0.3, -0.25) is 29.3 Å². The molecular weight excluding hydrogens is 1050 g/mol. The summed E-state index contributed by atoms with van der Waals surface area (Å²) < 4.78 is 30.3. The first-order chi connectivity index (χ1) is 38.1. The number of nitrogens with two attached hydrogens (primary N) is 1. The van der Waals surface area contributed by atoms with Gasteiger partial charge in [0, 0.05) is 44.3 Å². The molecule has 8 N–H and O–H groups in total. The molecule has 25 heteroatoms. The van der Waals surface area contributed by atoms with Gasteiger partial charge in [0.05, 0.1) is 58.9 Å². The SMILES string of the molecule is CNC(=O)CCC(C)(C)OCC(C)(C)NC(=O)OCC1C2CCc3nnn(C(C)(C)COC(C)CCC(=O)NC(C(=O)N[C@@H](CCCNC(N)=O)C(=O)Nc4ccc(COC(=O)Oc5ccc([N+](=O)[O-])cc5)cc4)C(C)C)c3CCC21. The van der Waals surface area contributed by atoms with Gasteiger partial charge in [0.15, 0.2) is 0 Å². The summed E-state index contributed by atoms with van der Waals surface area (Å²) in [7, 11) is 1.60. The monoisotopic (exact) mass is 1130 g/mol. The van der Waals surface area contributed by atoms with Crippen molar-refractivity contribution in [3.63, 3.8) is 0 Å². The number of carbonyl (C=O) groups is 7. The van der Waals surface area contributed by atoms with Gasteiger partial charge in [0.2, 0.25) is 23.6 Å². The Kier molecular flexibility index (Phi) is 23.3. The van der Waals surface area contributed by atoms with E-state index in [9.17, 15) is 43.7 Å². The van der Waals surface area contributed by atoms with Gasteiger partial charge in [0.25, 0.3) is 5.69 Å². The zero-order valence-electron chi connectivity index (χ0n) is 48.3. The number of benzene rings is 2. The van der Waals surface area contributed by atoms with E-state index < -0.39 is 63.8 Å². The van der Waals surface area contributed by atoms with Gasteiger partial charge in [-0.15, -0.1) is 5.10 Å². The molecule has 25 nitrogen and oxygen atoms in total. The van der Waals surface area contributed by atoms with Gasteiger partial charge in [0.1, 0.15) is 24.4 Å². The highest BCUT2D eigenvalue weighted by atomic mass is 16.7. The van der Waals surface area contributed by atoms with Crippen LogP contribution in [0, 0.1) is 33.8 Å². The number of nitrogens with zero attached hydrogens (tertiary/aromatic N) is 4. The fourth-order valence-corrected chi connectivity index (χ4v) is 9.48. The molecule has 1 saturated carbocycles. The van der Waals surface area contributed by atoms with Gasteiger partial charge >= 0.3 is 18.3 Å². The molecule has 2 aliphatic rings. The predicted molar refractivity (Wildman–Crippen MR) is 297 cm³/mol. The highest BCUT2D eigenvalue weighted by Gasteiger charge is 2.51. The molecule has 6 atom stereocenters. The van der Waals surface area contributed by atoms with Crippen molar-refractivity contribution < 1.29 is 62.2 Å². The van der Waals surface area contributed by atoms with E-state index in [1.54, 1.807) is 45.2 Å². The van der Waals surface area contributed by atoms with Crippen molar-refractivity contribution in [1.29, 1.82) is 0 Å². The summed E-state index contributed by atoms with van der Waals surface area (Å²) in [6.45, 7) is 17.9. The van der Waals surface area contributed by atoms with Crippen LogP contribution in [0.5, 0.6) is 5.75 Å². The number of aryl methyl sites for hydroxylation is 1. The molecule has 1 fully saturated rings. The van der Waals surface area contributed by atoms with Crippen molar-refractivity contribution in [3.05, 3.63) is 75.6 Å². The van der Waals surface area contributed by atoms with Crippen LogP contribution < -0.4 is 42.4 Å². The number of nitro benzene ring substituents is 1. The van der Waals surface area contributed by atoms with Gasteiger partial charge in [-0.2, -0.15) is 0 Å². The molecule has 0 aliphatic heterocycles. The number of hydrogen-bond acceptors (Lipinski definition) is 16. The molecule has 2 aromatic carbocycles. The molecule has 5 unspecified atom stereocenters. The quantitative estimate of drug-likeness (QED) is 0.0130. The summed E-state index contributed by atoms with van der Waals surface area (Å²) in [6, 6.07) is 8.45. The maximum Gasteiger partial charge on any atom is 0.514 e. The molecule has 446 valence electrons. The number of primary amides is 1. The van der Waals surface area contributed by atoms with E-state index in [1.165, 1.54) is 24.3 Å². The summed E-state index contributed by atoms with van der Waals surface area (Å²) in [6.07, 6.45) is 3.16. The molecule has 0 radical (unpaired) electrons. The number of aromatic nitrogens is 3. The maximum atomic E-state index is 13.8. The van der Waals surface area contributed by atoms with E-state index >= 15 is 0 Å². The number of fused-ring (bicyclic) bond motifs is 2. The van der Waals surface area contributed by atoms with Crippen molar-refractivity contribution in [1.82, 2.24) is 41.6 Å². The molecule has 3 aromatic rings. The fourth-order valence-electron chi connectivity index (χ4n) is 9.48. The third-order valence-electron chi connectivity index (χ3n) is 14.5. The number of alkyl carbamates (subject to hydrolysis) is 1. The second-order valence-electron chi connectivity index (χ2n) is 23.1. The zero-order chi connectivity index (χ0) is 59.7. The third-order valence-corrected chi connectivity index (χ3v) is 14.5. The molecule has 2 aliphatic carbocycles. The van der Waals surface area contributed by atoms with Gasteiger partial charge in [-0.25, -0.2) is 19.1 Å². The molecule has 1 heterocycles. The lowest BCUT2D eigenvalue weighted by atomic mass is 9.99. The molecule has 0 spiro atoms. The summed E-state index contributed by atoms with van der Waals surface area (Å²) in [5.74, 6) is -0.782. The Labute approximate surface area is 473 Å². The largest absolute Gasteiger partial charge is 0.514 e. The molecule has 81 heavy (non-hydrogen) atoms. The van der Waals surface area contributed by atoms with Crippen molar-refractivity contribution in [2.75, 3.05) is 38.7 Å². The summed E-state index contributed by atoms with van der Waals surface area (Å²) >= 11 is 0. The Bertz CT molecular complexity index is 2640. The van der Waals surface area contributed by atoms with Crippen LogP contribution in [0.1, 0.15) is 131 Å². The first-order valence-electron chi connectivity index (χ1n) is 27.6. The van der Waals surface area contributed by atoms with E-state index in [0.29, 0.717) is 49.0 Å². The number of rotatable bonds is 30. The number of nitro groups is 1. The van der Waals surface area contributed by atoms with E-state index in [0.717, 1.165) is 37.1 Å². The lowest BCUT2D eigenvalue weighted by Gasteiger charge is -2.32. The highest BCUT2D eigenvalue weighted by molar-refractivity contribution is 5.98. The van der Waals surface area contributed by atoms with Crippen LogP contribution in [0.3, 0.4) is 0 Å². The van der Waals surface area contributed by atoms with Crippen LogP contribution in [-0.2, 0) is 63.1 Å². The van der Waals surface area contributed by atoms with Gasteiger partial charge in [-0.05, 0) is 153 Å². The molecular formula is C56H83N11O14. The van der Waals surface area contributed by atoms with Crippen LogP contribution in [0.15, 0.2) is 48.5 Å². The summed E-state index contributed by atoms with van der Waals surface area (Å²) in [4.78, 5) is 99.4. The average molecular weight is 1130 g/mol. The molecule has 0 saturated heterocycles. The van der Waals surface area contributed by atoms with Crippen LogP contribution >= 0.6 is 0 Å². The Morgan fingerprint density at radius 1 is 0.840 bits per heavy atom. The van der Waals surface area contributed by atoms with Crippen molar-refractivity contribution >= 4 is 53.3 Å². The Morgan fingerprint density at radius 2 is 1.52 bits per heavy atom. The van der Waals surface area contributed by atoms with Crippen LogP contribution in [0.25, 0.3) is 0 Å². The second-order valence-corrected chi connectivity index (χ2v) is 23.1. The number of carbonyl (C=O) groups excluding carboxylic acids is 7. The average Bonchev–Trinajstić information content (AvgIpc) is 3.93. The van der Waals surface area contributed by atoms with Crippen LogP contribution in [0.2, 0.25) is 0 Å². The van der Waals surface area contributed by atoms with Gasteiger partial charge in [-0.1, -0.05) is 31.2 Å². The standard InChI is InChI=1S/C56H83N11O14/c1-34(2)48(50(71)61-44(12-11-29-59-51(57)72)49(70)60-37-16-14-36(15-17-37)30-78-53(74)81-39-20-18-38(19-21-39)67(75)76)62-47(69)26-13-35(3)79-33-55(6,7)66-45-25-23-41-40(22-24-43(45)64-65-66)42(41)31-77-52(73)63-54(4,5)32-80-56(8,9)28-27-46(68)58-10/h14-21,34-35,40-42,44,48H,11-13,22-33H2,1-10H3,(H,58,68)(H,60,70)(H,61,71)(H,62,69)(H,63,73)(H3,57,59,72)/t35?,40?,41?,42?,44-,48?/m0/s1. The minimum atomic E-state index is -1.08. The number of anilines is 1. The Morgan fingerprint density at radius 3 is 2.16 bits per heavy atom. The molecule has 5 rings (SSSR count).